The minimum absolute atomic E-state index is 0.0589. The van der Waals surface area contributed by atoms with Crippen LogP contribution in [0.3, 0.4) is 0 Å². The van der Waals surface area contributed by atoms with Crippen molar-refractivity contribution in [1.82, 2.24) is 0 Å². The Bertz CT molecular complexity index is 808. The van der Waals surface area contributed by atoms with Crippen LogP contribution < -0.4 is 9.47 Å². The molecule has 2 rings (SSSR count). The van der Waals surface area contributed by atoms with Gasteiger partial charge in [-0.1, -0.05) is 0 Å². The Kier molecular flexibility index (Phi) is 6.91. The van der Waals surface area contributed by atoms with Gasteiger partial charge in [-0.05, 0) is 37.3 Å². The summed E-state index contributed by atoms with van der Waals surface area (Å²) in [6.07, 6.45) is -0.00166. The third kappa shape index (κ3) is 5.16. The number of methoxy groups -OCH3 is 2. The zero-order valence-corrected chi connectivity index (χ0v) is 15.7. The molecule has 0 saturated heterocycles. The van der Waals surface area contributed by atoms with Crippen molar-refractivity contribution in [1.29, 1.82) is 0 Å². The summed E-state index contributed by atoms with van der Waals surface area (Å²) in [6.45, 7) is 1.52. The summed E-state index contributed by atoms with van der Waals surface area (Å²) in [4.78, 5) is 37.5. The van der Waals surface area contributed by atoms with Crippen LogP contribution in [0.4, 0.5) is 0 Å². The molecule has 0 atom stereocenters. The van der Waals surface area contributed by atoms with E-state index in [0.29, 0.717) is 21.9 Å². The number of hydrogen-bond donors (Lipinski definition) is 0. The maximum absolute atomic E-state index is 12.1. The van der Waals surface area contributed by atoms with E-state index in [1.165, 1.54) is 31.6 Å². The molecule has 0 unspecified atom stereocenters. The van der Waals surface area contributed by atoms with E-state index in [0.717, 1.165) is 4.88 Å². The lowest BCUT2D eigenvalue weighted by Gasteiger charge is -2.09. The summed E-state index contributed by atoms with van der Waals surface area (Å²) in [5.41, 5.74) is 0.348. The van der Waals surface area contributed by atoms with Crippen LogP contribution in [0.1, 0.15) is 37.7 Å². The van der Waals surface area contributed by atoms with Crippen molar-refractivity contribution in [3.05, 3.63) is 45.6 Å². The summed E-state index contributed by atoms with van der Waals surface area (Å²) < 4.78 is 15.2. The van der Waals surface area contributed by atoms with Crippen molar-refractivity contribution in [2.45, 2.75) is 19.8 Å². The molecule has 1 aromatic heterocycles. The van der Waals surface area contributed by atoms with E-state index in [1.807, 2.05) is 13.0 Å². The Hall–Kier alpha value is -2.67. The number of Topliss-reactive ketones (excluding diaryl/α,β-unsaturated/α-hetero) is 2. The van der Waals surface area contributed by atoms with E-state index in [9.17, 15) is 14.4 Å². The molecule has 0 N–H and O–H groups in total. The molecule has 0 aliphatic rings. The highest BCUT2D eigenvalue weighted by Gasteiger charge is 2.15. The van der Waals surface area contributed by atoms with Gasteiger partial charge in [0.2, 0.25) is 0 Å². The van der Waals surface area contributed by atoms with Crippen molar-refractivity contribution in [2.24, 2.45) is 0 Å². The van der Waals surface area contributed by atoms with E-state index in [1.54, 1.807) is 18.2 Å². The highest BCUT2D eigenvalue weighted by atomic mass is 32.1. The molecular weight excluding hydrogens is 356 g/mol. The first-order chi connectivity index (χ1) is 12.4. The first-order valence-corrected chi connectivity index (χ1v) is 8.76. The van der Waals surface area contributed by atoms with Crippen LogP contribution in [-0.2, 0) is 9.53 Å². The number of ketones is 2. The summed E-state index contributed by atoms with van der Waals surface area (Å²) in [5, 5.41) is 0. The zero-order chi connectivity index (χ0) is 19.1. The molecule has 0 amide bonds. The molecule has 1 heterocycles. The lowest BCUT2D eigenvalue weighted by Crippen LogP contribution is -2.15. The van der Waals surface area contributed by atoms with Gasteiger partial charge in [0.25, 0.3) is 0 Å². The van der Waals surface area contributed by atoms with Gasteiger partial charge in [0, 0.05) is 16.9 Å². The van der Waals surface area contributed by atoms with Gasteiger partial charge in [0.15, 0.2) is 29.7 Å². The van der Waals surface area contributed by atoms with E-state index in [4.69, 9.17) is 14.2 Å². The molecule has 0 bridgehead atoms. The van der Waals surface area contributed by atoms with Gasteiger partial charge in [-0.25, -0.2) is 0 Å². The molecule has 0 aliphatic heterocycles. The van der Waals surface area contributed by atoms with Gasteiger partial charge in [-0.15, -0.1) is 11.3 Å². The number of benzene rings is 1. The molecule has 0 spiro atoms. The summed E-state index contributed by atoms with van der Waals surface area (Å²) in [7, 11) is 2.97. The van der Waals surface area contributed by atoms with E-state index in [-0.39, 0.29) is 31.0 Å². The first kappa shape index (κ1) is 19.7. The summed E-state index contributed by atoms with van der Waals surface area (Å²) in [5.74, 6) is -0.129. The molecule has 138 valence electrons. The molecule has 26 heavy (non-hydrogen) atoms. The van der Waals surface area contributed by atoms with E-state index in [2.05, 4.69) is 0 Å². The van der Waals surface area contributed by atoms with Crippen molar-refractivity contribution in [3.63, 3.8) is 0 Å². The van der Waals surface area contributed by atoms with Crippen LogP contribution in [-0.4, -0.2) is 38.4 Å². The smallest absolute Gasteiger partial charge is 0.306 e. The second kappa shape index (κ2) is 9.15. The number of ether oxygens (including phenoxy) is 3. The molecule has 2 aromatic rings. The monoisotopic (exact) mass is 376 g/mol. The first-order valence-electron chi connectivity index (χ1n) is 7.95. The zero-order valence-electron chi connectivity index (χ0n) is 14.9. The fourth-order valence-electron chi connectivity index (χ4n) is 2.23. The van der Waals surface area contributed by atoms with Gasteiger partial charge in [-0.3, -0.25) is 14.4 Å². The van der Waals surface area contributed by atoms with Crippen molar-refractivity contribution < 1.29 is 28.6 Å². The average molecular weight is 376 g/mol. The number of esters is 1. The third-order valence-corrected chi connectivity index (χ3v) is 4.68. The number of rotatable bonds is 9. The highest BCUT2D eigenvalue weighted by Crippen LogP contribution is 2.27. The quantitative estimate of drug-likeness (QED) is 0.493. The normalized spacial score (nSPS) is 10.3. The molecular formula is C19H20O6S. The van der Waals surface area contributed by atoms with Gasteiger partial charge < -0.3 is 14.2 Å². The summed E-state index contributed by atoms with van der Waals surface area (Å²) in [6, 6.07) is 8.31. The van der Waals surface area contributed by atoms with Gasteiger partial charge in [0.1, 0.15) is 0 Å². The molecule has 0 saturated carbocycles. The molecule has 1 aromatic carbocycles. The van der Waals surface area contributed by atoms with Crippen molar-refractivity contribution >= 4 is 28.9 Å². The van der Waals surface area contributed by atoms with E-state index >= 15 is 0 Å². The summed E-state index contributed by atoms with van der Waals surface area (Å²) >= 11 is 1.39. The second-order valence-corrected chi connectivity index (χ2v) is 6.77. The average Bonchev–Trinajstić information content (AvgIpc) is 3.09. The Balaban J connectivity index is 1.83. The molecule has 0 aliphatic carbocycles. The molecule has 6 nitrogen and oxygen atoms in total. The van der Waals surface area contributed by atoms with Crippen LogP contribution in [0, 0.1) is 6.92 Å². The lowest BCUT2D eigenvalue weighted by molar-refractivity contribution is -0.142. The Morgan fingerprint density at radius 2 is 1.65 bits per heavy atom. The maximum atomic E-state index is 12.1. The molecule has 0 radical (unpaired) electrons. The number of aryl methyl sites for hydroxylation is 1. The number of hydrogen-bond acceptors (Lipinski definition) is 7. The van der Waals surface area contributed by atoms with Crippen LogP contribution in [0.25, 0.3) is 0 Å². The molecule has 0 fully saturated rings. The highest BCUT2D eigenvalue weighted by molar-refractivity contribution is 7.14. The topological polar surface area (TPSA) is 78.9 Å². The predicted molar refractivity (Wildman–Crippen MR) is 97.5 cm³/mol. The number of carbonyl (C=O) groups is 3. The third-order valence-electron chi connectivity index (χ3n) is 3.64. The largest absolute Gasteiger partial charge is 0.493 e. The number of thiophene rings is 1. The predicted octanol–water partition coefficient (Wildman–Crippen LogP) is 3.46. The van der Waals surface area contributed by atoms with Gasteiger partial charge in [-0.2, -0.15) is 0 Å². The SMILES string of the molecule is COc1ccc(C(=O)COC(=O)CCC(=O)c2ccc(C)s2)cc1OC. The standard InChI is InChI=1S/C19H20O6S/c1-12-4-8-18(26-12)14(20)6-9-19(22)25-11-15(21)13-5-7-16(23-2)17(10-13)24-3/h4-5,7-8,10H,6,9,11H2,1-3H3. The van der Waals surface area contributed by atoms with Gasteiger partial charge >= 0.3 is 5.97 Å². The van der Waals surface area contributed by atoms with E-state index < -0.39 is 5.97 Å². The van der Waals surface area contributed by atoms with Crippen LogP contribution in [0.2, 0.25) is 0 Å². The van der Waals surface area contributed by atoms with Gasteiger partial charge in [0.05, 0.1) is 25.5 Å². The van der Waals surface area contributed by atoms with Crippen LogP contribution in [0.15, 0.2) is 30.3 Å². The second-order valence-electron chi connectivity index (χ2n) is 5.49. The fourth-order valence-corrected chi connectivity index (χ4v) is 3.07. The minimum Gasteiger partial charge on any atom is -0.493 e. The van der Waals surface area contributed by atoms with Crippen LogP contribution >= 0.6 is 11.3 Å². The van der Waals surface area contributed by atoms with Crippen LogP contribution in [0.5, 0.6) is 11.5 Å². The Morgan fingerprint density at radius 1 is 0.923 bits per heavy atom. The molecule has 7 heteroatoms. The number of carbonyl (C=O) groups excluding carboxylic acids is 3. The van der Waals surface area contributed by atoms with Crippen molar-refractivity contribution in [2.75, 3.05) is 20.8 Å². The fraction of sp³-hybridized carbons (Fsp3) is 0.316. The Labute approximate surface area is 155 Å². The maximum Gasteiger partial charge on any atom is 0.306 e. The Morgan fingerprint density at radius 3 is 2.27 bits per heavy atom. The lowest BCUT2D eigenvalue weighted by atomic mass is 10.1. The minimum atomic E-state index is -0.583. The van der Waals surface area contributed by atoms with Crippen molar-refractivity contribution in [3.8, 4) is 11.5 Å².